The quantitative estimate of drug-likeness (QED) is 0.450. The number of aryl methyl sites for hydroxylation is 1. The number of fused-ring (bicyclic) bond motifs is 1. The zero-order chi connectivity index (χ0) is 20.0. The fraction of sp³-hybridized carbons (Fsp3) is 0.278. The molecule has 4 aromatic rings. The first kappa shape index (κ1) is 17.2. The van der Waals surface area contributed by atoms with Crippen molar-refractivity contribution in [2.24, 2.45) is 0 Å². The lowest BCUT2D eigenvalue weighted by atomic mass is 10.2. The third kappa shape index (κ3) is 3.26. The van der Waals surface area contributed by atoms with Crippen LogP contribution >= 0.6 is 0 Å². The molecule has 0 spiro atoms. The Kier molecular flexibility index (Phi) is 3.93. The Hall–Kier alpha value is -3.89. The van der Waals surface area contributed by atoms with Crippen molar-refractivity contribution in [2.75, 3.05) is 23.5 Å². The van der Waals surface area contributed by atoms with Gasteiger partial charge < -0.3 is 21.1 Å². The molecule has 4 N–H and O–H groups in total. The number of tetrazole rings is 1. The summed E-state index contributed by atoms with van der Waals surface area (Å²) in [6, 6.07) is 8.06. The Morgan fingerprint density at radius 3 is 2.79 bits per heavy atom. The highest BCUT2D eigenvalue weighted by Crippen LogP contribution is 2.31. The van der Waals surface area contributed by atoms with Crippen LogP contribution in [0.25, 0.3) is 11.3 Å². The molecule has 1 aromatic carbocycles. The number of aromatic nitrogens is 7. The van der Waals surface area contributed by atoms with E-state index in [0.29, 0.717) is 34.9 Å². The second-order valence-corrected chi connectivity index (χ2v) is 6.96. The molecule has 0 radical (unpaired) electrons. The molecule has 1 aliphatic carbocycles. The monoisotopic (exact) mass is 392 g/mol. The number of nitrogen functional groups attached to an aromatic ring is 1. The molecule has 1 fully saturated rings. The lowest BCUT2D eigenvalue weighted by Gasteiger charge is -2.13. The normalized spacial score (nSPS) is 13.6. The first-order valence-corrected chi connectivity index (χ1v) is 9.23. The van der Waals surface area contributed by atoms with Crippen molar-refractivity contribution in [1.29, 1.82) is 0 Å². The molecule has 11 heteroatoms. The maximum Gasteiger partial charge on any atom is 0.179 e. The lowest BCUT2D eigenvalue weighted by Crippen LogP contribution is -2.08. The maximum atomic E-state index is 6.04. The van der Waals surface area contributed by atoms with Crippen LogP contribution in [-0.2, 0) is 0 Å². The smallest absolute Gasteiger partial charge is 0.179 e. The van der Waals surface area contributed by atoms with Crippen LogP contribution in [0.15, 0.2) is 30.5 Å². The summed E-state index contributed by atoms with van der Waals surface area (Å²) in [6.07, 6.45) is 3.91. The molecule has 5 rings (SSSR count). The van der Waals surface area contributed by atoms with Gasteiger partial charge in [0.25, 0.3) is 0 Å². The van der Waals surface area contributed by atoms with Gasteiger partial charge in [-0.2, -0.15) is 9.20 Å². The summed E-state index contributed by atoms with van der Waals surface area (Å²) in [5.41, 5.74) is 9.18. The van der Waals surface area contributed by atoms with Gasteiger partial charge in [0.15, 0.2) is 17.3 Å². The second kappa shape index (κ2) is 6.62. The molecule has 1 saturated carbocycles. The molecule has 3 aromatic heterocycles. The molecule has 148 valence electrons. The van der Waals surface area contributed by atoms with Crippen LogP contribution in [0.1, 0.15) is 18.7 Å². The minimum Gasteiger partial charge on any atom is -0.497 e. The Balaban J connectivity index is 1.55. The number of hydrogen-bond donors (Lipinski definition) is 3. The third-order valence-corrected chi connectivity index (χ3v) is 4.70. The minimum atomic E-state index is 0.471. The van der Waals surface area contributed by atoms with E-state index < -0.39 is 0 Å². The van der Waals surface area contributed by atoms with Gasteiger partial charge in [-0.1, -0.05) is 0 Å². The highest BCUT2D eigenvalue weighted by Gasteiger charge is 2.23. The van der Waals surface area contributed by atoms with Gasteiger partial charge in [-0.3, -0.25) is 0 Å². The van der Waals surface area contributed by atoms with Gasteiger partial charge in [-0.25, -0.2) is 4.98 Å². The fourth-order valence-corrected chi connectivity index (χ4v) is 3.11. The van der Waals surface area contributed by atoms with E-state index in [9.17, 15) is 0 Å². The van der Waals surface area contributed by atoms with E-state index in [0.717, 1.165) is 29.9 Å². The van der Waals surface area contributed by atoms with Crippen LogP contribution in [0.2, 0.25) is 0 Å². The molecule has 3 heterocycles. The SMILES string of the molecule is COc1cc(Nc2cc(NC3CC3)c3ncc(N)n3n2)cc(-n2nnnc2C)c1. The molecule has 29 heavy (non-hydrogen) atoms. The van der Waals surface area contributed by atoms with Gasteiger partial charge in [0, 0.05) is 29.9 Å². The fourth-order valence-electron chi connectivity index (χ4n) is 3.11. The van der Waals surface area contributed by atoms with E-state index in [1.807, 2.05) is 31.2 Å². The van der Waals surface area contributed by atoms with Gasteiger partial charge in [0.05, 0.1) is 24.7 Å². The molecule has 1 aliphatic rings. The molecule has 0 unspecified atom stereocenters. The molecular weight excluding hydrogens is 372 g/mol. The van der Waals surface area contributed by atoms with Crippen molar-refractivity contribution in [1.82, 2.24) is 34.8 Å². The number of anilines is 4. The molecule has 11 nitrogen and oxygen atoms in total. The van der Waals surface area contributed by atoms with Crippen molar-refractivity contribution in [3.63, 3.8) is 0 Å². The number of rotatable bonds is 6. The summed E-state index contributed by atoms with van der Waals surface area (Å²) in [5.74, 6) is 2.43. The molecule has 0 amide bonds. The summed E-state index contributed by atoms with van der Waals surface area (Å²) in [4.78, 5) is 4.37. The summed E-state index contributed by atoms with van der Waals surface area (Å²) in [7, 11) is 1.61. The van der Waals surface area contributed by atoms with E-state index in [1.165, 1.54) is 0 Å². The van der Waals surface area contributed by atoms with Crippen LogP contribution in [0.4, 0.5) is 23.0 Å². The number of imidazole rings is 1. The topological polar surface area (TPSA) is 133 Å². The van der Waals surface area contributed by atoms with Crippen molar-refractivity contribution >= 4 is 28.7 Å². The number of ether oxygens (including phenoxy) is 1. The minimum absolute atomic E-state index is 0.471. The Bertz CT molecular complexity index is 1190. The average molecular weight is 392 g/mol. The number of nitrogens with zero attached hydrogens (tertiary/aromatic N) is 7. The average Bonchev–Trinajstić information content (AvgIpc) is 3.30. The van der Waals surface area contributed by atoms with Gasteiger partial charge >= 0.3 is 0 Å². The zero-order valence-electron chi connectivity index (χ0n) is 16.0. The van der Waals surface area contributed by atoms with E-state index >= 15 is 0 Å². The highest BCUT2D eigenvalue weighted by molar-refractivity contribution is 5.75. The summed E-state index contributed by atoms with van der Waals surface area (Å²) in [5, 5.41) is 23.1. The Morgan fingerprint density at radius 1 is 1.21 bits per heavy atom. The van der Waals surface area contributed by atoms with Gasteiger partial charge in [0.2, 0.25) is 0 Å². The predicted molar refractivity (Wildman–Crippen MR) is 108 cm³/mol. The van der Waals surface area contributed by atoms with Crippen molar-refractivity contribution in [3.05, 3.63) is 36.3 Å². The largest absolute Gasteiger partial charge is 0.497 e. The second-order valence-electron chi connectivity index (χ2n) is 6.96. The van der Waals surface area contributed by atoms with E-state index in [-0.39, 0.29) is 0 Å². The number of nitrogens with one attached hydrogen (secondary N) is 2. The van der Waals surface area contributed by atoms with E-state index in [1.54, 1.807) is 22.5 Å². The van der Waals surface area contributed by atoms with E-state index in [4.69, 9.17) is 10.5 Å². The van der Waals surface area contributed by atoms with Crippen LogP contribution in [0.5, 0.6) is 5.75 Å². The number of methoxy groups -OCH3 is 1. The summed E-state index contributed by atoms with van der Waals surface area (Å²) in [6.45, 7) is 1.83. The molecule has 0 saturated heterocycles. The maximum absolute atomic E-state index is 6.04. The van der Waals surface area contributed by atoms with Crippen LogP contribution in [0, 0.1) is 6.92 Å². The van der Waals surface area contributed by atoms with Crippen LogP contribution in [0.3, 0.4) is 0 Å². The molecule has 0 atom stereocenters. The first-order chi connectivity index (χ1) is 14.1. The molecule has 0 aliphatic heterocycles. The number of benzene rings is 1. The van der Waals surface area contributed by atoms with E-state index in [2.05, 4.69) is 36.2 Å². The summed E-state index contributed by atoms with van der Waals surface area (Å²) < 4.78 is 8.70. The van der Waals surface area contributed by atoms with Crippen molar-refractivity contribution in [3.8, 4) is 11.4 Å². The third-order valence-electron chi connectivity index (χ3n) is 4.70. The number of hydrogen-bond acceptors (Lipinski definition) is 9. The van der Waals surface area contributed by atoms with Crippen LogP contribution in [-0.4, -0.2) is 48.0 Å². The van der Waals surface area contributed by atoms with Crippen molar-refractivity contribution in [2.45, 2.75) is 25.8 Å². The van der Waals surface area contributed by atoms with Gasteiger partial charge in [-0.05, 0) is 36.3 Å². The molecular formula is C18H20N10O. The Morgan fingerprint density at radius 2 is 2.07 bits per heavy atom. The molecule has 0 bridgehead atoms. The van der Waals surface area contributed by atoms with Gasteiger partial charge in [0.1, 0.15) is 11.6 Å². The number of nitrogens with two attached hydrogens (primary N) is 1. The standard InChI is InChI=1S/C18H20N10O/c1-10-23-25-26-27(10)13-5-12(6-14(7-13)29-2)22-17-8-15(21-11-3-4-11)18-20-9-16(19)28(18)24-17/h5-9,11,21H,3-4,19H2,1-2H3,(H,22,24). The highest BCUT2D eigenvalue weighted by atomic mass is 16.5. The van der Waals surface area contributed by atoms with Crippen molar-refractivity contribution < 1.29 is 4.74 Å². The first-order valence-electron chi connectivity index (χ1n) is 9.23. The zero-order valence-corrected chi connectivity index (χ0v) is 16.0. The lowest BCUT2D eigenvalue weighted by molar-refractivity contribution is 0.414. The summed E-state index contributed by atoms with van der Waals surface area (Å²) >= 11 is 0. The predicted octanol–water partition coefficient (Wildman–Crippen LogP) is 1.92. The van der Waals surface area contributed by atoms with Crippen LogP contribution < -0.4 is 21.1 Å². The Labute approximate surface area is 165 Å². The van der Waals surface area contributed by atoms with Gasteiger partial charge in [-0.15, -0.1) is 10.2 Å².